The molecule has 0 saturated carbocycles. The van der Waals surface area contributed by atoms with Gasteiger partial charge < -0.3 is 4.42 Å². The van der Waals surface area contributed by atoms with Gasteiger partial charge in [0.05, 0.1) is 6.04 Å². The van der Waals surface area contributed by atoms with Crippen molar-refractivity contribution in [1.82, 2.24) is 8.61 Å². The first-order valence-electron chi connectivity index (χ1n) is 7.72. The Morgan fingerprint density at radius 3 is 2.55 bits per heavy atom. The predicted octanol–water partition coefficient (Wildman–Crippen LogP) is 3.16. The van der Waals surface area contributed by atoms with Gasteiger partial charge in [-0.15, -0.1) is 0 Å². The maximum Gasteiger partial charge on any atom is 0.282 e. The number of nitrogens with zero attached hydrogens (tertiary/aromatic N) is 2. The molecule has 1 aliphatic heterocycles. The summed E-state index contributed by atoms with van der Waals surface area (Å²) >= 11 is 0. The number of furan rings is 1. The molecule has 0 N–H and O–H groups in total. The van der Waals surface area contributed by atoms with E-state index in [1.807, 2.05) is 37.3 Å². The molecular formula is C16H22N2O3S. The van der Waals surface area contributed by atoms with Crippen LogP contribution in [0.2, 0.25) is 0 Å². The molecular weight excluding hydrogens is 300 g/mol. The third kappa shape index (κ3) is 2.78. The van der Waals surface area contributed by atoms with Gasteiger partial charge >= 0.3 is 0 Å². The Balaban J connectivity index is 1.85. The molecule has 22 heavy (non-hydrogen) atoms. The number of piperidine rings is 1. The third-order valence-electron chi connectivity index (χ3n) is 4.41. The highest BCUT2D eigenvalue weighted by Crippen LogP contribution is 2.29. The number of para-hydroxylation sites is 1. The van der Waals surface area contributed by atoms with Gasteiger partial charge in [0.25, 0.3) is 10.2 Å². The van der Waals surface area contributed by atoms with Crippen LogP contribution in [0.15, 0.2) is 34.7 Å². The Morgan fingerprint density at radius 2 is 1.86 bits per heavy atom. The number of hydrogen-bond acceptors (Lipinski definition) is 3. The molecule has 1 atom stereocenters. The Bertz CT molecular complexity index is 715. The lowest BCUT2D eigenvalue weighted by Crippen LogP contribution is -2.45. The lowest BCUT2D eigenvalue weighted by atomic mass is 10.2. The topological polar surface area (TPSA) is 53.8 Å². The fourth-order valence-corrected chi connectivity index (χ4v) is 4.45. The van der Waals surface area contributed by atoms with Gasteiger partial charge in [-0.05, 0) is 31.9 Å². The quantitative estimate of drug-likeness (QED) is 0.869. The van der Waals surface area contributed by atoms with Crippen LogP contribution in [0.25, 0.3) is 11.0 Å². The molecule has 0 aliphatic carbocycles. The molecule has 0 unspecified atom stereocenters. The van der Waals surface area contributed by atoms with Gasteiger partial charge in [-0.1, -0.05) is 24.6 Å². The zero-order chi connectivity index (χ0) is 15.7. The van der Waals surface area contributed by atoms with Crippen molar-refractivity contribution < 1.29 is 12.8 Å². The first kappa shape index (κ1) is 15.5. The average Bonchev–Trinajstić information content (AvgIpc) is 2.98. The third-order valence-corrected chi connectivity index (χ3v) is 6.47. The molecule has 1 fully saturated rings. The summed E-state index contributed by atoms with van der Waals surface area (Å²) in [7, 11) is -1.81. The maximum absolute atomic E-state index is 12.7. The van der Waals surface area contributed by atoms with Gasteiger partial charge in [0.1, 0.15) is 11.3 Å². The van der Waals surface area contributed by atoms with E-state index < -0.39 is 10.2 Å². The molecule has 0 amide bonds. The summed E-state index contributed by atoms with van der Waals surface area (Å²) in [5.41, 5.74) is 0.785. The second kappa shape index (κ2) is 6.02. The fraction of sp³-hybridized carbons (Fsp3) is 0.500. The highest BCUT2D eigenvalue weighted by Gasteiger charge is 2.32. The van der Waals surface area contributed by atoms with E-state index >= 15 is 0 Å². The number of fused-ring (bicyclic) bond motifs is 1. The molecule has 0 radical (unpaired) electrons. The molecule has 5 nitrogen and oxygen atoms in total. The maximum atomic E-state index is 12.7. The number of benzene rings is 1. The zero-order valence-corrected chi connectivity index (χ0v) is 13.8. The monoisotopic (exact) mass is 322 g/mol. The first-order chi connectivity index (χ1) is 10.5. The number of hydrogen-bond donors (Lipinski definition) is 0. The second-order valence-corrected chi connectivity index (χ2v) is 7.83. The largest absolute Gasteiger partial charge is 0.459 e. The van der Waals surface area contributed by atoms with Crippen molar-refractivity contribution in [3.63, 3.8) is 0 Å². The minimum atomic E-state index is -3.44. The van der Waals surface area contributed by atoms with Crippen LogP contribution in [0.3, 0.4) is 0 Å². The van der Waals surface area contributed by atoms with Crippen molar-refractivity contribution in [3.05, 3.63) is 36.1 Å². The molecule has 1 saturated heterocycles. The summed E-state index contributed by atoms with van der Waals surface area (Å²) in [5, 5.41) is 0.994. The van der Waals surface area contributed by atoms with Crippen molar-refractivity contribution in [3.8, 4) is 0 Å². The van der Waals surface area contributed by atoms with Gasteiger partial charge in [-0.2, -0.15) is 17.0 Å². The van der Waals surface area contributed by atoms with Crippen LogP contribution < -0.4 is 0 Å². The molecule has 2 aromatic rings. The SMILES string of the molecule is C[C@H](c1cc2ccccc2o1)N(C)S(=O)(=O)N1CCCCC1. The minimum Gasteiger partial charge on any atom is -0.459 e. The van der Waals surface area contributed by atoms with Crippen LogP contribution in [0.4, 0.5) is 0 Å². The molecule has 120 valence electrons. The van der Waals surface area contributed by atoms with Crippen LogP contribution >= 0.6 is 0 Å². The van der Waals surface area contributed by atoms with E-state index in [-0.39, 0.29) is 6.04 Å². The van der Waals surface area contributed by atoms with Crippen LogP contribution in [0.1, 0.15) is 38.0 Å². The predicted molar refractivity (Wildman–Crippen MR) is 86.7 cm³/mol. The van der Waals surface area contributed by atoms with Crippen LogP contribution in [-0.2, 0) is 10.2 Å². The van der Waals surface area contributed by atoms with Crippen LogP contribution in [0, 0.1) is 0 Å². The molecule has 0 bridgehead atoms. The molecule has 0 spiro atoms. The summed E-state index contributed by atoms with van der Waals surface area (Å²) in [6.07, 6.45) is 2.98. The van der Waals surface area contributed by atoms with Crippen LogP contribution in [0.5, 0.6) is 0 Å². The number of rotatable bonds is 4. The van der Waals surface area contributed by atoms with Gasteiger partial charge in [-0.25, -0.2) is 0 Å². The van der Waals surface area contributed by atoms with Crippen molar-refractivity contribution in [2.45, 2.75) is 32.2 Å². The Kier molecular flexibility index (Phi) is 4.25. The molecule has 2 heterocycles. The van der Waals surface area contributed by atoms with E-state index in [0.717, 1.165) is 30.2 Å². The minimum absolute atomic E-state index is 0.334. The molecule has 6 heteroatoms. The highest BCUT2D eigenvalue weighted by atomic mass is 32.2. The Labute approximate surface area is 131 Å². The fourth-order valence-electron chi connectivity index (χ4n) is 2.87. The molecule has 1 aromatic carbocycles. The van der Waals surface area contributed by atoms with Crippen molar-refractivity contribution in [2.24, 2.45) is 0 Å². The van der Waals surface area contributed by atoms with Crippen molar-refractivity contribution in [1.29, 1.82) is 0 Å². The van der Waals surface area contributed by atoms with Gasteiger partial charge in [0.2, 0.25) is 0 Å². The zero-order valence-electron chi connectivity index (χ0n) is 13.0. The molecule has 1 aliphatic rings. The van der Waals surface area contributed by atoms with E-state index in [1.54, 1.807) is 11.4 Å². The average molecular weight is 322 g/mol. The summed E-state index contributed by atoms with van der Waals surface area (Å²) in [4.78, 5) is 0. The summed E-state index contributed by atoms with van der Waals surface area (Å²) in [5.74, 6) is 0.671. The first-order valence-corrected chi connectivity index (χ1v) is 9.11. The lowest BCUT2D eigenvalue weighted by Gasteiger charge is -2.32. The Hall–Kier alpha value is -1.37. The van der Waals surface area contributed by atoms with Gasteiger partial charge in [-0.3, -0.25) is 0 Å². The summed E-state index contributed by atoms with van der Waals surface area (Å²) in [6.45, 7) is 3.08. The van der Waals surface area contributed by atoms with E-state index in [4.69, 9.17) is 4.42 Å². The molecule has 1 aromatic heterocycles. The normalized spacial score (nSPS) is 18.9. The van der Waals surface area contributed by atoms with Gasteiger partial charge in [0, 0.05) is 25.5 Å². The second-order valence-electron chi connectivity index (χ2n) is 5.85. The lowest BCUT2D eigenvalue weighted by molar-refractivity contribution is 0.284. The van der Waals surface area contributed by atoms with Crippen molar-refractivity contribution >= 4 is 21.2 Å². The molecule has 3 rings (SSSR count). The standard InChI is InChI=1S/C16H22N2O3S/c1-13(16-12-14-8-4-5-9-15(14)21-16)17(2)22(19,20)18-10-6-3-7-11-18/h4-5,8-9,12-13H,3,6-7,10-11H2,1-2H3/t13-/m1/s1. The van der Waals surface area contributed by atoms with E-state index in [9.17, 15) is 8.42 Å². The van der Waals surface area contributed by atoms with Crippen molar-refractivity contribution in [2.75, 3.05) is 20.1 Å². The van der Waals surface area contributed by atoms with E-state index in [2.05, 4.69) is 0 Å². The Morgan fingerprint density at radius 1 is 1.18 bits per heavy atom. The highest BCUT2D eigenvalue weighted by molar-refractivity contribution is 7.86. The summed E-state index contributed by atoms with van der Waals surface area (Å²) < 4.78 is 34.3. The van der Waals surface area contributed by atoms with Crippen LogP contribution in [-0.4, -0.2) is 37.2 Å². The van der Waals surface area contributed by atoms with E-state index in [0.29, 0.717) is 18.8 Å². The smallest absolute Gasteiger partial charge is 0.282 e. The van der Waals surface area contributed by atoms with Gasteiger partial charge in [0.15, 0.2) is 0 Å². The summed E-state index contributed by atoms with van der Waals surface area (Å²) in [6, 6.07) is 9.30. The van der Waals surface area contributed by atoms with E-state index in [1.165, 1.54) is 4.31 Å².